The van der Waals surface area contributed by atoms with Crippen LogP contribution in [0.4, 0.5) is 0 Å². The molecule has 0 aliphatic rings. The fraction of sp³-hybridized carbons (Fsp3) is 0.286. The first kappa shape index (κ1) is 8.64. The van der Waals surface area contributed by atoms with Crippen LogP contribution in [0.1, 0.15) is 11.8 Å². The minimum absolute atomic E-state index is 0.302. The molecule has 4 heteroatoms. The van der Waals surface area contributed by atoms with Gasteiger partial charge in [-0.2, -0.15) is 0 Å². The molecule has 60 valence electrons. The number of halogens is 1. The van der Waals surface area contributed by atoms with Gasteiger partial charge in [-0.05, 0) is 28.1 Å². The van der Waals surface area contributed by atoms with Crippen molar-refractivity contribution in [3.63, 3.8) is 0 Å². The van der Waals surface area contributed by atoms with Crippen molar-refractivity contribution in [1.29, 1.82) is 0 Å². The Labute approximate surface area is 72.8 Å². The van der Waals surface area contributed by atoms with Gasteiger partial charge in [0.05, 0.1) is 12.3 Å². The zero-order valence-corrected chi connectivity index (χ0v) is 7.32. The van der Waals surface area contributed by atoms with E-state index in [2.05, 4.69) is 20.9 Å². The van der Waals surface area contributed by atoms with Crippen molar-refractivity contribution in [1.82, 2.24) is 4.98 Å². The average Bonchev–Trinajstić information content (AvgIpc) is 2.03. The summed E-state index contributed by atoms with van der Waals surface area (Å²) < 4.78 is 0.655. The molecule has 0 saturated carbocycles. The van der Waals surface area contributed by atoms with Crippen LogP contribution in [0.2, 0.25) is 0 Å². The lowest BCUT2D eigenvalue weighted by molar-refractivity contribution is 0.0921. The molecule has 1 heterocycles. The quantitative estimate of drug-likeness (QED) is 0.724. The smallest absolute Gasteiger partial charge is 0.119 e. The summed E-state index contributed by atoms with van der Waals surface area (Å²) in [5, 5.41) is 17.7. The largest absolute Gasteiger partial charge is 0.393 e. The van der Waals surface area contributed by atoms with Crippen LogP contribution in [0.5, 0.6) is 0 Å². The topological polar surface area (TPSA) is 53.4 Å². The number of rotatable bonds is 2. The lowest BCUT2D eigenvalue weighted by atomic mass is 10.2. The van der Waals surface area contributed by atoms with E-state index in [1.165, 1.54) is 0 Å². The van der Waals surface area contributed by atoms with Gasteiger partial charge in [-0.3, -0.25) is 0 Å². The van der Waals surface area contributed by atoms with Gasteiger partial charge in [-0.15, -0.1) is 0 Å². The maximum atomic E-state index is 9.12. The van der Waals surface area contributed by atoms with Crippen LogP contribution in [0.25, 0.3) is 0 Å². The van der Waals surface area contributed by atoms with Crippen molar-refractivity contribution >= 4 is 15.9 Å². The van der Waals surface area contributed by atoms with Gasteiger partial charge in [0, 0.05) is 0 Å². The molecule has 0 bridgehead atoms. The lowest BCUT2D eigenvalue weighted by Crippen LogP contribution is -2.04. The van der Waals surface area contributed by atoms with Crippen LogP contribution in [0.15, 0.2) is 22.8 Å². The molecule has 0 fully saturated rings. The first-order valence-corrected chi connectivity index (χ1v) is 3.94. The Kier molecular flexibility index (Phi) is 2.99. The molecule has 0 amide bonds. The number of aromatic nitrogens is 1. The van der Waals surface area contributed by atoms with E-state index in [1.54, 1.807) is 18.2 Å². The number of hydrogen-bond donors (Lipinski definition) is 2. The molecular formula is C7H8BrNO2. The standard InChI is InChI=1S/C7H8BrNO2/c8-7-3-1-2-5(9-7)6(11)4-10/h1-3,6,10-11H,4H2/t6-/m1/s1. The highest BCUT2D eigenvalue weighted by molar-refractivity contribution is 9.10. The van der Waals surface area contributed by atoms with Gasteiger partial charge in [-0.1, -0.05) is 6.07 Å². The van der Waals surface area contributed by atoms with Crippen molar-refractivity contribution in [3.8, 4) is 0 Å². The summed E-state index contributed by atoms with van der Waals surface area (Å²) >= 11 is 3.16. The van der Waals surface area contributed by atoms with Crippen molar-refractivity contribution in [2.75, 3.05) is 6.61 Å². The van der Waals surface area contributed by atoms with E-state index < -0.39 is 6.10 Å². The molecule has 0 saturated heterocycles. The fourth-order valence-corrected chi connectivity index (χ4v) is 1.06. The van der Waals surface area contributed by atoms with Crippen molar-refractivity contribution in [3.05, 3.63) is 28.5 Å². The molecule has 11 heavy (non-hydrogen) atoms. The number of hydrogen-bond acceptors (Lipinski definition) is 3. The predicted octanol–water partition coefficient (Wildman–Crippen LogP) is 0.870. The molecule has 0 unspecified atom stereocenters. The third kappa shape index (κ3) is 2.25. The number of aliphatic hydroxyl groups excluding tert-OH is 2. The minimum Gasteiger partial charge on any atom is -0.393 e. The summed E-state index contributed by atoms with van der Waals surface area (Å²) in [6.07, 6.45) is -0.882. The summed E-state index contributed by atoms with van der Waals surface area (Å²) in [5.74, 6) is 0. The summed E-state index contributed by atoms with van der Waals surface area (Å²) in [6.45, 7) is -0.302. The summed E-state index contributed by atoms with van der Waals surface area (Å²) in [4.78, 5) is 3.95. The molecule has 0 spiro atoms. The molecular weight excluding hydrogens is 210 g/mol. The highest BCUT2D eigenvalue weighted by Gasteiger charge is 2.06. The second kappa shape index (κ2) is 3.80. The van der Waals surface area contributed by atoms with Gasteiger partial charge in [0.25, 0.3) is 0 Å². The van der Waals surface area contributed by atoms with Crippen molar-refractivity contribution in [2.24, 2.45) is 0 Å². The fourth-order valence-electron chi connectivity index (χ4n) is 0.703. The van der Waals surface area contributed by atoms with E-state index in [0.29, 0.717) is 10.3 Å². The normalized spacial score (nSPS) is 13.0. The van der Waals surface area contributed by atoms with E-state index in [1.807, 2.05) is 0 Å². The summed E-state index contributed by atoms with van der Waals surface area (Å²) in [7, 11) is 0. The maximum absolute atomic E-state index is 9.12. The average molecular weight is 218 g/mol. The van der Waals surface area contributed by atoms with Gasteiger partial charge in [0.1, 0.15) is 10.7 Å². The van der Waals surface area contributed by atoms with Gasteiger partial charge in [0.15, 0.2) is 0 Å². The van der Waals surface area contributed by atoms with E-state index in [4.69, 9.17) is 10.2 Å². The van der Waals surface area contributed by atoms with Gasteiger partial charge < -0.3 is 10.2 Å². The van der Waals surface area contributed by atoms with E-state index in [9.17, 15) is 0 Å². The SMILES string of the molecule is OC[C@@H](O)c1cccc(Br)n1. The second-order valence-corrected chi connectivity index (χ2v) is 2.90. The Bertz CT molecular complexity index is 242. The van der Waals surface area contributed by atoms with E-state index >= 15 is 0 Å². The van der Waals surface area contributed by atoms with E-state index in [0.717, 1.165) is 0 Å². The molecule has 2 N–H and O–H groups in total. The molecule has 0 aromatic carbocycles. The Balaban J connectivity index is 2.86. The summed E-state index contributed by atoms with van der Waals surface area (Å²) in [5.41, 5.74) is 0.474. The molecule has 0 radical (unpaired) electrons. The number of aliphatic hydroxyl groups is 2. The second-order valence-electron chi connectivity index (χ2n) is 2.08. The van der Waals surface area contributed by atoms with E-state index in [-0.39, 0.29) is 6.61 Å². The van der Waals surface area contributed by atoms with Crippen LogP contribution >= 0.6 is 15.9 Å². The molecule has 1 atom stereocenters. The third-order valence-corrected chi connectivity index (χ3v) is 1.69. The number of nitrogens with zero attached hydrogens (tertiary/aromatic N) is 1. The van der Waals surface area contributed by atoms with Gasteiger partial charge >= 0.3 is 0 Å². The molecule has 0 aliphatic heterocycles. The maximum Gasteiger partial charge on any atom is 0.119 e. The highest BCUT2D eigenvalue weighted by Crippen LogP contribution is 2.12. The Morgan fingerprint density at radius 1 is 1.55 bits per heavy atom. The van der Waals surface area contributed by atoms with Crippen molar-refractivity contribution < 1.29 is 10.2 Å². The first-order valence-electron chi connectivity index (χ1n) is 3.15. The van der Waals surface area contributed by atoms with Crippen LogP contribution in [-0.4, -0.2) is 21.8 Å². The van der Waals surface area contributed by atoms with Crippen LogP contribution in [-0.2, 0) is 0 Å². The Morgan fingerprint density at radius 2 is 2.27 bits per heavy atom. The van der Waals surface area contributed by atoms with Gasteiger partial charge in [-0.25, -0.2) is 4.98 Å². The van der Waals surface area contributed by atoms with Gasteiger partial charge in [0.2, 0.25) is 0 Å². The lowest BCUT2D eigenvalue weighted by Gasteiger charge is -2.05. The first-order chi connectivity index (χ1) is 5.24. The Morgan fingerprint density at radius 3 is 2.82 bits per heavy atom. The monoisotopic (exact) mass is 217 g/mol. The molecule has 1 aromatic heterocycles. The Hall–Kier alpha value is -0.450. The minimum atomic E-state index is -0.882. The van der Waals surface area contributed by atoms with Crippen LogP contribution in [0, 0.1) is 0 Å². The molecule has 1 aromatic rings. The predicted molar refractivity (Wildman–Crippen MR) is 44.0 cm³/mol. The molecule has 1 rings (SSSR count). The van der Waals surface area contributed by atoms with Crippen LogP contribution < -0.4 is 0 Å². The molecule has 0 aliphatic carbocycles. The zero-order chi connectivity index (χ0) is 8.27. The molecule has 3 nitrogen and oxygen atoms in total. The third-order valence-electron chi connectivity index (χ3n) is 1.25. The zero-order valence-electron chi connectivity index (χ0n) is 5.74. The van der Waals surface area contributed by atoms with Crippen molar-refractivity contribution in [2.45, 2.75) is 6.10 Å². The summed E-state index contributed by atoms with van der Waals surface area (Å²) in [6, 6.07) is 5.17. The number of pyridine rings is 1. The van der Waals surface area contributed by atoms with Crippen LogP contribution in [0.3, 0.4) is 0 Å². The highest BCUT2D eigenvalue weighted by atomic mass is 79.9.